The van der Waals surface area contributed by atoms with E-state index < -0.39 is 0 Å². The summed E-state index contributed by atoms with van der Waals surface area (Å²) < 4.78 is 5.47. The molecule has 0 fully saturated rings. The standard InChI is InChI=1S/C21H22N2O2S/c1-3-25-18-12-10-17(11-13-18)20-15(2)26-21(23-20)22-19(24)14-9-16-7-5-4-6-8-16/h4-8,10-13H,3,9,14H2,1-2H3,(H,22,23,24). The molecule has 3 aromatic rings. The quantitative estimate of drug-likeness (QED) is 0.634. The summed E-state index contributed by atoms with van der Waals surface area (Å²) in [5.74, 6) is 0.833. The van der Waals surface area contributed by atoms with Crippen LogP contribution in [0, 0.1) is 6.92 Å². The van der Waals surface area contributed by atoms with E-state index in [9.17, 15) is 4.79 Å². The van der Waals surface area contributed by atoms with Crippen molar-refractivity contribution in [1.82, 2.24) is 4.98 Å². The molecule has 4 nitrogen and oxygen atoms in total. The van der Waals surface area contributed by atoms with Crippen molar-refractivity contribution in [3.63, 3.8) is 0 Å². The van der Waals surface area contributed by atoms with Crippen molar-refractivity contribution in [3.05, 3.63) is 65.0 Å². The molecule has 0 aliphatic heterocycles. The number of benzene rings is 2. The van der Waals surface area contributed by atoms with Gasteiger partial charge < -0.3 is 10.1 Å². The lowest BCUT2D eigenvalue weighted by atomic mass is 10.1. The lowest BCUT2D eigenvalue weighted by Crippen LogP contribution is -2.12. The Morgan fingerprint density at radius 3 is 2.54 bits per heavy atom. The van der Waals surface area contributed by atoms with E-state index in [-0.39, 0.29) is 5.91 Å². The van der Waals surface area contributed by atoms with E-state index in [0.717, 1.165) is 33.9 Å². The molecule has 3 rings (SSSR count). The number of carbonyl (C=O) groups excluding carboxylic acids is 1. The highest BCUT2D eigenvalue weighted by molar-refractivity contribution is 7.16. The molecular weight excluding hydrogens is 344 g/mol. The van der Waals surface area contributed by atoms with Crippen molar-refractivity contribution in [3.8, 4) is 17.0 Å². The van der Waals surface area contributed by atoms with Gasteiger partial charge in [0.15, 0.2) is 5.13 Å². The largest absolute Gasteiger partial charge is 0.494 e. The number of amides is 1. The number of aromatic nitrogens is 1. The zero-order valence-corrected chi connectivity index (χ0v) is 15.8. The van der Waals surface area contributed by atoms with Gasteiger partial charge in [-0.1, -0.05) is 30.3 Å². The minimum absolute atomic E-state index is 0.0131. The highest BCUT2D eigenvalue weighted by Gasteiger charge is 2.12. The number of thiazole rings is 1. The third-order valence-corrected chi connectivity index (χ3v) is 4.85. The summed E-state index contributed by atoms with van der Waals surface area (Å²) in [6, 6.07) is 17.9. The van der Waals surface area contributed by atoms with Crippen LogP contribution in [-0.2, 0) is 11.2 Å². The number of nitrogens with one attached hydrogen (secondary N) is 1. The van der Waals surface area contributed by atoms with Gasteiger partial charge in [0.2, 0.25) is 5.91 Å². The van der Waals surface area contributed by atoms with E-state index >= 15 is 0 Å². The molecule has 5 heteroatoms. The van der Waals surface area contributed by atoms with Crippen molar-refractivity contribution in [2.45, 2.75) is 26.7 Å². The van der Waals surface area contributed by atoms with Crippen molar-refractivity contribution >= 4 is 22.4 Å². The van der Waals surface area contributed by atoms with Gasteiger partial charge in [0.25, 0.3) is 0 Å². The third kappa shape index (κ3) is 4.70. The molecule has 1 amide bonds. The zero-order valence-electron chi connectivity index (χ0n) is 15.0. The van der Waals surface area contributed by atoms with Crippen molar-refractivity contribution < 1.29 is 9.53 Å². The van der Waals surface area contributed by atoms with Crippen LogP contribution >= 0.6 is 11.3 Å². The van der Waals surface area contributed by atoms with E-state index in [2.05, 4.69) is 10.3 Å². The summed E-state index contributed by atoms with van der Waals surface area (Å²) in [5, 5.41) is 3.56. The van der Waals surface area contributed by atoms with Gasteiger partial charge in [-0.2, -0.15) is 0 Å². The zero-order chi connectivity index (χ0) is 18.4. The number of aryl methyl sites for hydroxylation is 2. The van der Waals surface area contributed by atoms with Crippen LogP contribution in [0.1, 0.15) is 23.8 Å². The summed E-state index contributed by atoms with van der Waals surface area (Å²) in [4.78, 5) is 17.9. The fourth-order valence-electron chi connectivity index (χ4n) is 2.68. The first kappa shape index (κ1) is 18.1. The predicted octanol–water partition coefficient (Wildman–Crippen LogP) is 5.09. The molecule has 26 heavy (non-hydrogen) atoms. The van der Waals surface area contributed by atoms with Crippen molar-refractivity contribution in [2.24, 2.45) is 0 Å². The first-order valence-electron chi connectivity index (χ1n) is 8.70. The molecule has 0 saturated heterocycles. The average Bonchev–Trinajstić information content (AvgIpc) is 3.02. The Morgan fingerprint density at radius 1 is 1.12 bits per heavy atom. The van der Waals surface area contributed by atoms with E-state index in [1.54, 1.807) is 0 Å². The molecule has 0 unspecified atom stereocenters. The fourth-order valence-corrected chi connectivity index (χ4v) is 3.53. The van der Waals surface area contributed by atoms with Crippen LogP contribution in [0.4, 0.5) is 5.13 Å². The number of nitrogens with zero attached hydrogens (tertiary/aromatic N) is 1. The fraction of sp³-hybridized carbons (Fsp3) is 0.238. The second-order valence-electron chi connectivity index (χ2n) is 5.91. The van der Waals surface area contributed by atoms with Gasteiger partial charge in [-0.25, -0.2) is 4.98 Å². The smallest absolute Gasteiger partial charge is 0.226 e. The van der Waals surface area contributed by atoms with Crippen LogP contribution in [0.15, 0.2) is 54.6 Å². The van der Waals surface area contributed by atoms with Crippen molar-refractivity contribution in [1.29, 1.82) is 0 Å². The summed E-state index contributed by atoms with van der Waals surface area (Å²) in [6.07, 6.45) is 1.17. The molecule has 0 saturated carbocycles. The lowest BCUT2D eigenvalue weighted by molar-refractivity contribution is -0.116. The molecule has 0 bridgehead atoms. The molecule has 0 atom stereocenters. The summed E-state index contributed by atoms with van der Waals surface area (Å²) in [6.45, 7) is 4.63. The molecule has 1 aromatic heterocycles. The predicted molar refractivity (Wildman–Crippen MR) is 107 cm³/mol. The Hall–Kier alpha value is -2.66. The molecule has 1 heterocycles. The normalized spacial score (nSPS) is 10.5. The molecule has 0 aliphatic carbocycles. The summed E-state index contributed by atoms with van der Waals surface area (Å²) >= 11 is 1.50. The van der Waals surface area contributed by atoms with Gasteiger partial charge in [0.05, 0.1) is 12.3 Å². The second-order valence-corrected chi connectivity index (χ2v) is 7.12. The Morgan fingerprint density at radius 2 is 1.85 bits per heavy atom. The van der Waals surface area contributed by atoms with Gasteiger partial charge in [-0.3, -0.25) is 4.79 Å². The minimum Gasteiger partial charge on any atom is -0.494 e. The number of hydrogen-bond acceptors (Lipinski definition) is 4. The maximum Gasteiger partial charge on any atom is 0.226 e. The van der Waals surface area contributed by atoms with Crippen LogP contribution < -0.4 is 10.1 Å². The molecule has 1 N–H and O–H groups in total. The molecule has 0 radical (unpaired) electrons. The monoisotopic (exact) mass is 366 g/mol. The van der Waals surface area contributed by atoms with Crippen LogP contribution in [0.3, 0.4) is 0 Å². The number of rotatable bonds is 7. The Labute approximate surface area is 157 Å². The molecule has 0 spiro atoms. The Bertz CT molecular complexity index is 857. The molecular formula is C21H22N2O2S. The highest BCUT2D eigenvalue weighted by atomic mass is 32.1. The SMILES string of the molecule is CCOc1ccc(-c2nc(NC(=O)CCc3ccccc3)sc2C)cc1. The van der Waals surface area contributed by atoms with Gasteiger partial charge in [0, 0.05) is 16.9 Å². The third-order valence-electron chi connectivity index (χ3n) is 3.97. The van der Waals surface area contributed by atoms with E-state index in [0.29, 0.717) is 18.2 Å². The molecule has 0 aliphatic rings. The van der Waals surface area contributed by atoms with Crippen LogP contribution in [0.2, 0.25) is 0 Å². The maximum atomic E-state index is 12.2. The molecule has 134 valence electrons. The van der Waals surface area contributed by atoms with Gasteiger partial charge >= 0.3 is 0 Å². The van der Waals surface area contributed by atoms with Gasteiger partial charge in [0.1, 0.15) is 5.75 Å². The summed E-state index contributed by atoms with van der Waals surface area (Å²) in [5.41, 5.74) is 3.08. The van der Waals surface area contributed by atoms with E-state index in [1.165, 1.54) is 11.3 Å². The highest BCUT2D eigenvalue weighted by Crippen LogP contribution is 2.31. The summed E-state index contributed by atoms with van der Waals surface area (Å²) in [7, 11) is 0. The Balaban J connectivity index is 1.63. The van der Waals surface area contributed by atoms with Crippen molar-refractivity contribution in [2.75, 3.05) is 11.9 Å². The van der Waals surface area contributed by atoms with E-state index in [1.807, 2.05) is 68.4 Å². The first-order valence-corrected chi connectivity index (χ1v) is 9.52. The lowest BCUT2D eigenvalue weighted by Gasteiger charge is -2.04. The van der Waals surface area contributed by atoms with E-state index in [4.69, 9.17) is 4.74 Å². The van der Waals surface area contributed by atoms with Crippen LogP contribution in [-0.4, -0.2) is 17.5 Å². The molecule has 2 aromatic carbocycles. The average molecular weight is 366 g/mol. The maximum absolute atomic E-state index is 12.2. The topological polar surface area (TPSA) is 51.2 Å². The number of hydrogen-bond donors (Lipinski definition) is 1. The number of ether oxygens (including phenoxy) is 1. The number of anilines is 1. The van der Waals surface area contributed by atoms with Gasteiger partial charge in [-0.15, -0.1) is 11.3 Å². The number of carbonyl (C=O) groups is 1. The van der Waals surface area contributed by atoms with Gasteiger partial charge in [-0.05, 0) is 50.1 Å². The first-order chi connectivity index (χ1) is 12.7. The van der Waals surface area contributed by atoms with Crippen LogP contribution in [0.25, 0.3) is 11.3 Å². The van der Waals surface area contributed by atoms with Crippen LogP contribution in [0.5, 0.6) is 5.75 Å². The minimum atomic E-state index is -0.0131. The Kier molecular flexibility index (Phi) is 6.02. The second kappa shape index (κ2) is 8.63.